The second-order valence-electron chi connectivity index (χ2n) is 3.05. The van der Waals surface area contributed by atoms with E-state index in [0.29, 0.717) is 5.56 Å². The van der Waals surface area contributed by atoms with Crippen molar-refractivity contribution >= 4 is 12.4 Å². The van der Waals surface area contributed by atoms with Crippen LogP contribution < -0.4 is 10.2 Å². The summed E-state index contributed by atoms with van der Waals surface area (Å²) in [5, 5.41) is 0. The van der Waals surface area contributed by atoms with E-state index in [-0.39, 0.29) is 12.4 Å². The van der Waals surface area contributed by atoms with Crippen LogP contribution in [0.5, 0.6) is 5.75 Å². The molecule has 0 spiro atoms. The van der Waals surface area contributed by atoms with Crippen LogP contribution in [0.3, 0.4) is 0 Å². The molecule has 0 aliphatic carbocycles. The summed E-state index contributed by atoms with van der Waals surface area (Å²) in [4.78, 5) is 0. The van der Waals surface area contributed by atoms with Gasteiger partial charge in [0.15, 0.2) is 0 Å². The lowest BCUT2D eigenvalue weighted by molar-refractivity contribution is 0.340. The minimum atomic E-state index is -4.99. The largest absolute Gasteiger partial charge is 0.513 e. The highest BCUT2D eigenvalue weighted by Crippen LogP contribution is 2.18. The van der Waals surface area contributed by atoms with Gasteiger partial charge < -0.3 is 17.7 Å². The van der Waals surface area contributed by atoms with Crippen molar-refractivity contribution in [3.8, 4) is 5.75 Å². The van der Waals surface area contributed by atoms with E-state index < -0.39 is 12.4 Å². The average molecular weight is 203 g/mol. The van der Waals surface area contributed by atoms with Gasteiger partial charge in [-0.15, -0.1) is 0 Å². The maximum absolute atomic E-state index is 12.5. The molecule has 14 heavy (non-hydrogen) atoms. The fourth-order valence-electron chi connectivity index (χ4n) is 1.21. The van der Waals surface area contributed by atoms with Crippen molar-refractivity contribution in [1.82, 2.24) is 0 Å². The number of hydrogen-bond donors (Lipinski definition) is 0. The maximum Gasteiger partial charge on any atom is 0.513 e. The summed E-state index contributed by atoms with van der Waals surface area (Å²) in [6, 6.07) is 4.09. The minimum Gasteiger partial charge on any atom is -0.497 e. The maximum atomic E-state index is 12.5. The smallest absolute Gasteiger partial charge is 0.497 e. The molecule has 1 nitrogen and oxygen atoms in total. The monoisotopic (exact) mass is 203 g/mol. The van der Waals surface area contributed by atoms with E-state index >= 15 is 0 Å². The molecule has 0 saturated heterocycles. The van der Waals surface area contributed by atoms with Gasteiger partial charge in [0, 0.05) is 0 Å². The van der Waals surface area contributed by atoms with Gasteiger partial charge in [-0.05, 0) is 19.9 Å². The summed E-state index contributed by atoms with van der Waals surface area (Å²) < 4.78 is 42.5. The molecule has 0 saturated carbocycles. The van der Waals surface area contributed by atoms with Gasteiger partial charge in [-0.2, -0.15) is 0 Å². The molecule has 0 heterocycles. The summed E-state index contributed by atoms with van der Waals surface area (Å²) in [7, 11) is 0. The Kier molecular flexibility index (Phi) is 3.08. The summed E-state index contributed by atoms with van der Waals surface area (Å²) in [5.74, 6) is -0.0781. The van der Waals surface area contributed by atoms with Crippen molar-refractivity contribution < 1.29 is 17.7 Å². The van der Waals surface area contributed by atoms with Crippen LogP contribution in [0.4, 0.5) is 12.9 Å². The number of aryl methyl sites for hydroxylation is 1. The number of hydrogen-bond acceptors (Lipinski definition) is 1. The summed E-state index contributed by atoms with van der Waals surface area (Å²) in [6.45, 7) is -1.47. The molecule has 0 radical (unpaired) electrons. The van der Waals surface area contributed by atoms with Crippen LogP contribution in [-0.2, 0) is 0 Å². The summed E-state index contributed by atoms with van der Waals surface area (Å²) >= 11 is 0. The zero-order valence-electron chi connectivity index (χ0n) is 8.06. The molecule has 0 amide bonds. The molecule has 1 aromatic carbocycles. The van der Waals surface area contributed by atoms with E-state index in [4.69, 9.17) is 4.74 Å². The van der Waals surface area contributed by atoms with Crippen molar-refractivity contribution in [3.05, 3.63) is 23.8 Å². The standard InChI is InChI=1S/C9H11BF3O/c1-3-14-9-5-4-7(2)6-8(9)10(11,12)13/h4-6H,3H2,1-2H3/q-1. The zero-order chi connectivity index (χ0) is 10.8. The first-order chi connectivity index (χ1) is 6.45. The van der Waals surface area contributed by atoms with Crippen LogP contribution in [0.25, 0.3) is 0 Å². The molecule has 0 aromatic heterocycles. The normalized spacial score (nSPS) is 11.5. The van der Waals surface area contributed by atoms with E-state index in [9.17, 15) is 12.9 Å². The molecule has 0 aliphatic rings. The number of ether oxygens (including phenoxy) is 1. The molecule has 1 rings (SSSR count). The molecule has 0 unspecified atom stereocenters. The highest BCUT2D eigenvalue weighted by atomic mass is 19.4. The molecule has 78 valence electrons. The van der Waals surface area contributed by atoms with Crippen LogP contribution in [-0.4, -0.2) is 13.6 Å². The second kappa shape index (κ2) is 3.94. The van der Waals surface area contributed by atoms with Crippen molar-refractivity contribution in [2.45, 2.75) is 13.8 Å². The molecule has 0 N–H and O–H groups in total. The van der Waals surface area contributed by atoms with Crippen molar-refractivity contribution in [2.75, 3.05) is 6.61 Å². The molecule has 0 fully saturated rings. The Bertz CT molecular complexity index is 322. The Balaban J connectivity index is 3.16. The quantitative estimate of drug-likeness (QED) is 0.685. The minimum absolute atomic E-state index is 0.0781. The van der Waals surface area contributed by atoms with Gasteiger partial charge in [-0.3, -0.25) is 0 Å². The Labute approximate surface area is 80.9 Å². The van der Waals surface area contributed by atoms with Crippen LogP contribution >= 0.6 is 0 Å². The first kappa shape index (κ1) is 11.0. The molecular weight excluding hydrogens is 192 g/mol. The zero-order valence-corrected chi connectivity index (χ0v) is 8.06. The van der Waals surface area contributed by atoms with Gasteiger partial charge in [0.2, 0.25) is 0 Å². The van der Waals surface area contributed by atoms with Gasteiger partial charge in [0.1, 0.15) is 0 Å². The third kappa shape index (κ3) is 2.43. The fourth-order valence-corrected chi connectivity index (χ4v) is 1.21. The molecule has 0 bridgehead atoms. The first-order valence-electron chi connectivity index (χ1n) is 4.38. The molecule has 5 heteroatoms. The fraction of sp³-hybridized carbons (Fsp3) is 0.333. The Morgan fingerprint density at radius 1 is 1.29 bits per heavy atom. The predicted molar refractivity (Wildman–Crippen MR) is 51.1 cm³/mol. The molecule has 1 aromatic rings. The Hall–Kier alpha value is -1.13. The highest BCUT2D eigenvalue weighted by Gasteiger charge is 2.29. The Morgan fingerprint density at radius 2 is 1.93 bits per heavy atom. The predicted octanol–water partition coefficient (Wildman–Crippen LogP) is 2.45. The van der Waals surface area contributed by atoms with Gasteiger partial charge in [-0.25, -0.2) is 0 Å². The topological polar surface area (TPSA) is 9.23 Å². The van der Waals surface area contributed by atoms with Crippen molar-refractivity contribution in [1.29, 1.82) is 0 Å². The van der Waals surface area contributed by atoms with Crippen molar-refractivity contribution in [2.24, 2.45) is 0 Å². The van der Waals surface area contributed by atoms with Crippen LogP contribution in [0.2, 0.25) is 0 Å². The van der Waals surface area contributed by atoms with Crippen molar-refractivity contribution in [3.63, 3.8) is 0 Å². The van der Waals surface area contributed by atoms with Gasteiger partial charge >= 0.3 is 6.98 Å². The third-order valence-electron chi connectivity index (χ3n) is 1.82. The molecule has 0 atom stereocenters. The lowest BCUT2D eigenvalue weighted by Crippen LogP contribution is -2.35. The lowest BCUT2D eigenvalue weighted by atomic mass is 9.78. The van der Waals surface area contributed by atoms with E-state index in [1.54, 1.807) is 19.9 Å². The van der Waals surface area contributed by atoms with Gasteiger partial charge in [0.05, 0.1) is 12.4 Å². The Morgan fingerprint density at radius 3 is 2.43 bits per heavy atom. The third-order valence-corrected chi connectivity index (χ3v) is 1.82. The SMILES string of the molecule is CCOc1ccc(C)cc1[B-](F)(F)F. The second-order valence-corrected chi connectivity index (χ2v) is 3.05. The van der Waals surface area contributed by atoms with E-state index in [2.05, 4.69) is 0 Å². The lowest BCUT2D eigenvalue weighted by Gasteiger charge is -2.19. The first-order valence-corrected chi connectivity index (χ1v) is 4.38. The molecular formula is C9H11BF3O-. The van der Waals surface area contributed by atoms with Crippen LogP contribution in [0.1, 0.15) is 12.5 Å². The van der Waals surface area contributed by atoms with Crippen LogP contribution in [0, 0.1) is 6.92 Å². The van der Waals surface area contributed by atoms with Gasteiger partial charge in [-0.1, -0.05) is 23.2 Å². The van der Waals surface area contributed by atoms with E-state index in [1.165, 1.54) is 6.07 Å². The number of benzene rings is 1. The number of halogens is 3. The van der Waals surface area contributed by atoms with Crippen LogP contribution in [0.15, 0.2) is 18.2 Å². The van der Waals surface area contributed by atoms with E-state index in [1.807, 2.05) is 0 Å². The average Bonchev–Trinajstić information content (AvgIpc) is 2.07. The van der Waals surface area contributed by atoms with E-state index in [0.717, 1.165) is 6.07 Å². The summed E-state index contributed by atoms with van der Waals surface area (Å²) in [6.07, 6.45) is 0. The highest BCUT2D eigenvalue weighted by molar-refractivity contribution is 6.74. The summed E-state index contributed by atoms with van der Waals surface area (Å²) in [5.41, 5.74) is -0.0606. The molecule has 0 aliphatic heterocycles. The number of rotatable bonds is 3. The van der Waals surface area contributed by atoms with Gasteiger partial charge in [0.25, 0.3) is 0 Å².